The van der Waals surface area contributed by atoms with E-state index in [1.807, 2.05) is 0 Å². The van der Waals surface area contributed by atoms with Crippen molar-refractivity contribution in [1.29, 1.82) is 0 Å². The molecule has 6 aromatic carbocycles. The Kier molecular flexibility index (Phi) is 5.49. The van der Waals surface area contributed by atoms with Crippen LogP contribution in [0.3, 0.4) is 0 Å². The Morgan fingerprint density at radius 3 is 1.85 bits per heavy atom. The fourth-order valence-electron chi connectivity index (χ4n) is 13.9. The van der Waals surface area contributed by atoms with Gasteiger partial charge in [0.2, 0.25) is 0 Å². The first-order valence-corrected chi connectivity index (χ1v) is 20.2. The van der Waals surface area contributed by atoms with Crippen LogP contribution in [0.4, 0.5) is 0 Å². The van der Waals surface area contributed by atoms with E-state index in [2.05, 4.69) is 132 Å². The summed E-state index contributed by atoms with van der Waals surface area (Å²) in [5, 5.41) is 2.68. The Bertz CT molecular complexity index is 2630. The second-order valence-corrected chi connectivity index (χ2v) is 17.6. The van der Waals surface area contributed by atoms with Gasteiger partial charge >= 0.3 is 0 Å². The summed E-state index contributed by atoms with van der Waals surface area (Å²) in [7, 11) is 0. The molecular formula is C51H43N. The maximum atomic E-state index is 2.66. The number of nitrogens with zero attached hydrogens (tertiary/aromatic N) is 1. The van der Waals surface area contributed by atoms with Crippen molar-refractivity contribution in [2.45, 2.75) is 68.6 Å². The molecule has 5 fully saturated rings. The van der Waals surface area contributed by atoms with E-state index >= 15 is 0 Å². The van der Waals surface area contributed by atoms with Gasteiger partial charge in [0, 0.05) is 27.3 Å². The van der Waals surface area contributed by atoms with E-state index in [9.17, 15) is 0 Å². The molecule has 0 N–H and O–H groups in total. The molecule has 1 heteroatoms. The minimum Gasteiger partial charge on any atom is -0.309 e. The Morgan fingerprint density at radius 1 is 0.442 bits per heavy atom. The van der Waals surface area contributed by atoms with Gasteiger partial charge in [-0.3, -0.25) is 0 Å². The average Bonchev–Trinajstić information content (AvgIpc) is 3.94. The standard InChI is InChI=1S/C51H43N/c1-4-12-44-38(9-1)40-18-15-33(28-46(40)50(44)21-7-8-22-50)34-16-19-43-42-11-3-6-14-48(42)52(49(43)29-34)37-17-20-41-39-10-2-5-13-45(39)51(47(41)30-37)35-24-31-23-32(26-35)27-36(51)25-31/h1-6,9-20,28-32,35-36H,7-8,21-27H2. The molecule has 0 saturated heterocycles. The van der Waals surface area contributed by atoms with Gasteiger partial charge < -0.3 is 4.57 Å². The number of para-hydroxylation sites is 1. The van der Waals surface area contributed by atoms with E-state index in [0.717, 1.165) is 23.7 Å². The van der Waals surface area contributed by atoms with Gasteiger partial charge in [-0.15, -0.1) is 0 Å². The summed E-state index contributed by atoms with van der Waals surface area (Å²) in [4.78, 5) is 0. The fourth-order valence-corrected chi connectivity index (χ4v) is 13.9. The van der Waals surface area contributed by atoms with Gasteiger partial charge in [0.15, 0.2) is 0 Å². The number of benzene rings is 6. The van der Waals surface area contributed by atoms with Crippen LogP contribution < -0.4 is 0 Å². The Hall–Kier alpha value is -4.88. The maximum absolute atomic E-state index is 2.66. The molecule has 1 aromatic heterocycles. The highest BCUT2D eigenvalue weighted by molar-refractivity contribution is 6.10. The number of hydrogen-bond donors (Lipinski definition) is 0. The summed E-state index contributed by atoms with van der Waals surface area (Å²) in [5.74, 6) is 3.42. The summed E-state index contributed by atoms with van der Waals surface area (Å²) < 4.78 is 2.60. The smallest absolute Gasteiger partial charge is 0.0547 e. The minimum absolute atomic E-state index is 0.164. The van der Waals surface area contributed by atoms with E-state index in [-0.39, 0.29) is 10.8 Å². The van der Waals surface area contributed by atoms with Crippen molar-refractivity contribution in [3.05, 3.63) is 150 Å². The molecule has 4 bridgehead atoms. The fraction of sp³-hybridized carbons (Fsp3) is 0.294. The molecule has 5 saturated carbocycles. The van der Waals surface area contributed by atoms with Crippen LogP contribution in [0.5, 0.6) is 0 Å². The largest absolute Gasteiger partial charge is 0.309 e. The zero-order chi connectivity index (χ0) is 33.8. The highest BCUT2D eigenvalue weighted by Gasteiger charge is 2.61. The van der Waals surface area contributed by atoms with E-state index in [1.165, 1.54) is 119 Å². The van der Waals surface area contributed by atoms with Gasteiger partial charge in [-0.2, -0.15) is 0 Å². The van der Waals surface area contributed by atoms with Gasteiger partial charge in [-0.1, -0.05) is 110 Å². The van der Waals surface area contributed by atoms with Crippen molar-refractivity contribution in [1.82, 2.24) is 4.57 Å². The van der Waals surface area contributed by atoms with E-state index in [0.29, 0.717) is 0 Å². The Balaban J connectivity index is 1.01. The third kappa shape index (κ3) is 3.43. The van der Waals surface area contributed by atoms with Crippen molar-refractivity contribution >= 4 is 21.8 Å². The van der Waals surface area contributed by atoms with Crippen molar-refractivity contribution in [2.75, 3.05) is 0 Å². The summed E-state index contributed by atoms with van der Waals surface area (Å²) in [6.45, 7) is 0. The molecule has 0 atom stereocenters. The molecule has 0 unspecified atom stereocenters. The van der Waals surface area contributed by atoms with Crippen molar-refractivity contribution in [3.63, 3.8) is 0 Å². The van der Waals surface area contributed by atoms with Crippen LogP contribution in [0.15, 0.2) is 127 Å². The monoisotopic (exact) mass is 669 g/mol. The van der Waals surface area contributed by atoms with Crippen LogP contribution in [0.1, 0.15) is 80.0 Å². The highest BCUT2D eigenvalue weighted by atomic mass is 15.0. The molecule has 0 amide bonds. The normalized spacial score (nSPS) is 26.8. The summed E-state index contributed by atoms with van der Waals surface area (Å²) in [6, 6.07) is 50.1. The summed E-state index contributed by atoms with van der Waals surface area (Å²) >= 11 is 0. The summed E-state index contributed by atoms with van der Waals surface area (Å²) in [5.41, 5.74) is 19.2. The second kappa shape index (κ2) is 9.95. The lowest BCUT2D eigenvalue weighted by Gasteiger charge is -2.61. The van der Waals surface area contributed by atoms with Crippen LogP contribution in [0.25, 0.3) is 60.9 Å². The van der Waals surface area contributed by atoms with Crippen molar-refractivity contribution < 1.29 is 0 Å². The van der Waals surface area contributed by atoms with Gasteiger partial charge in [-0.25, -0.2) is 0 Å². The van der Waals surface area contributed by atoms with Crippen molar-refractivity contribution in [2.24, 2.45) is 23.7 Å². The predicted molar refractivity (Wildman–Crippen MR) is 214 cm³/mol. The van der Waals surface area contributed by atoms with Gasteiger partial charge in [0.25, 0.3) is 0 Å². The quantitative estimate of drug-likeness (QED) is 0.173. The maximum Gasteiger partial charge on any atom is 0.0547 e. The first-order valence-electron chi connectivity index (χ1n) is 20.2. The van der Waals surface area contributed by atoms with Crippen molar-refractivity contribution in [3.8, 4) is 39.1 Å². The van der Waals surface area contributed by atoms with Crippen LogP contribution in [0.2, 0.25) is 0 Å². The second-order valence-electron chi connectivity index (χ2n) is 17.6. The molecule has 7 aliphatic carbocycles. The van der Waals surface area contributed by atoms with Crippen LogP contribution >= 0.6 is 0 Å². The Morgan fingerprint density at radius 2 is 1.04 bits per heavy atom. The minimum atomic E-state index is 0.164. The topological polar surface area (TPSA) is 4.93 Å². The number of hydrogen-bond acceptors (Lipinski definition) is 0. The van der Waals surface area contributed by atoms with E-state index < -0.39 is 0 Å². The molecule has 252 valence electrons. The lowest BCUT2D eigenvalue weighted by Crippen LogP contribution is -2.55. The Labute approximate surface area is 306 Å². The van der Waals surface area contributed by atoms with Crippen LogP contribution in [0, 0.1) is 23.7 Å². The number of aromatic nitrogens is 1. The van der Waals surface area contributed by atoms with Crippen LogP contribution in [-0.2, 0) is 10.8 Å². The zero-order valence-corrected chi connectivity index (χ0v) is 29.7. The van der Waals surface area contributed by atoms with Gasteiger partial charge in [0.05, 0.1) is 11.0 Å². The zero-order valence-electron chi connectivity index (χ0n) is 29.7. The first kappa shape index (κ1) is 28.7. The molecule has 1 heterocycles. The van der Waals surface area contributed by atoms with E-state index in [1.54, 1.807) is 22.3 Å². The predicted octanol–water partition coefficient (Wildman–Crippen LogP) is 13.0. The molecule has 7 aliphatic rings. The molecule has 0 radical (unpaired) electrons. The number of rotatable bonds is 2. The molecule has 2 spiro atoms. The number of fused-ring (bicyclic) bond motifs is 11. The molecule has 0 aliphatic heterocycles. The lowest BCUT2D eigenvalue weighted by molar-refractivity contribution is -0.0399. The molecular weight excluding hydrogens is 627 g/mol. The third-order valence-corrected chi connectivity index (χ3v) is 15.5. The van der Waals surface area contributed by atoms with Gasteiger partial charge in [0.1, 0.15) is 0 Å². The molecule has 14 rings (SSSR count). The molecule has 7 aromatic rings. The molecule has 52 heavy (non-hydrogen) atoms. The van der Waals surface area contributed by atoms with Gasteiger partial charge in [-0.05, 0) is 155 Å². The van der Waals surface area contributed by atoms with E-state index in [4.69, 9.17) is 0 Å². The van der Waals surface area contributed by atoms with Crippen LogP contribution in [-0.4, -0.2) is 4.57 Å². The third-order valence-electron chi connectivity index (χ3n) is 15.5. The molecule has 1 nitrogen and oxygen atoms in total. The SMILES string of the molecule is c1ccc2c(c1)-c1ccc(-c3ccc4c5ccccc5n(-c5ccc6c(c5)C5(c7ccccc7-6)C6CC7CC(C6)CC5C7)c4c3)cc1C21CCCC1. The first-order chi connectivity index (χ1) is 25.7. The average molecular weight is 670 g/mol. The lowest BCUT2D eigenvalue weighted by atomic mass is 9.43. The highest BCUT2D eigenvalue weighted by Crippen LogP contribution is 2.69. The summed E-state index contributed by atoms with van der Waals surface area (Å²) in [6.07, 6.45) is 12.3.